The van der Waals surface area contributed by atoms with Crippen molar-refractivity contribution in [2.45, 2.75) is 38.6 Å². The van der Waals surface area contributed by atoms with E-state index in [0.717, 1.165) is 55.7 Å². The normalized spacial score (nSPS) is 15.3. The Morgan fingerprint density at radius 1 is 1.09 bits per heavy atom. The van der Waals surface area contributed by atoms with Crippen molar-refractivity contribution in [3.05, 3.63) is 66.4 Å². The van der Waals surface area contributed by atoms with Gasteiger partial charge >= 0.3 is 0 Å². The largest absolute Gasteiger partial charge is 0.490 e. The zero-order valence-electron chi connectivity index (χ0n) is 18.8. The van der Waals surface area contributed by atoms with Crippen LogP contribution in [0.3, 0.4) is 0 Å². The lowest BCUT2D eigenvalue weighted by Gasteiger charge is -2.23. The average molecular weight is 450 g/mol. The molecule has 2 N–H and O–H groups in total. The van der Waals surface area contributed by atoms with E-state index in [4.69, 9.17) is 9.47 Å². The third-order valence-corrected chi connectivity index (χ3v) is 5.56. The number of amides is 1. The standard InChI is InChI=1S/C25H31N5O3/c31-24(27-13-11-21-16-26-19-29-21)18-30-14-5-1-2-6-15-32-22-9-3-4-10-23(22)33-25-20(17-30)8-7-12-28-25/h3-4,7-10,12,16,19H,1-2,5-6,11,13-15,17-18H2,(H,26,29)(H,27,31). The molecule has 8 nitrogen and oxygen atoms in total. The Morgan fingerprint density at radius 2 is 1.97 bits per heavy atom. The fraction of sp³-hybridized carbons (Fsp3) is 0.400. The van der Waals surface area contributed by atoms with Crippen LogP contribution in [-0.2, 0) is 17.8 Å². The number of benzene rings is 1. The first-order valence-corrected chi connectivity index (χ1v) is 11.6. The van der Waals surface area contributed by atoms with Crippen LogP contribution in [0, 0.1) is 0 Å². The maximum atomic E-state index is 12.6. The number of para-hydroxylation sites is 2. The lowest BCUT2D eigenvalue weighted by Crippen LogP contribution is -2.38. The molecular weight excluding hydrogens is 418 g/mol. The molecule has 3 aromatic rings. The van der Waals surface area contributed by atoms with Gasteiger partial charge in [0.15, 0.2) is 11.5 Å². The van der Waals surface area contributed by atoms with E-state index in [1.54, 1.807) is 18.7 Å². The minimum absolute atomic E-state index is 0.0146. The van der Waals surface area contributed by atoms with E-state index in [1.807, 2.05) is 36.4 Å². The van der Waals surface area contributed by atoms with Gasteiger partial charge in [0.2, 0.25) is 11.8 Å². The fourth-order valence-corrected chi connectivity index (χ4v) is 3.84. The molecule has 174 valence electrons. The number of imidazole rings is 1. The Bertz CT molecular complexity index is 1010. The molecule has 0 radical (unpaired) electrons. The summed E-state index contributed by atoms with van der Waals surface area (Å²) in [5.41, 5.74) is 1.95. The fourth-order valence-electron chi connectivity index (χ4n) is 3.84. The van der Waals surface area contributed by atoms with Gasteiger partial charge in [-0.05, 0) is 37.6 Å². The minimum atomic E-state index is 0.0146. The number of nitrogens with zero attached hydrogens (tertiary/aromatic N) is 3. The summed E-state index contributed by atoms with van der Waals surface area (Å²) >= 11 is 0. The second-order valence-corrected chi connectivity index (χ2v) is 8.17. The molecule has 0 aliphatic carbocycles. The number of nitrogens with one attached hydrogen (secondary N) is 2. The number of fused-ring (bicyclic) bond motifs is 2. The van der Waals surface area contributed by atoms with Gasteiger partial charge in [0.1, 0.15) is 0 Å². The van der Waals surface area contributed by atoms with Crippen molar-refractivity contribution in [2.75, 3.05) is 26.2 Å². The third kappa shape index (κ3) is 7.05. The first kappa shape index (κ1) is 22.8. The summed E-state index contributed by atoms with van der Waals surface area (Å²) in [5, 5.41) is 3.02. The molecule has 0 saturated heterocycles. The number of hydrogen-bond donors (Lipinski definition) is 2. The van der Waals surface area contributed by atoms with Gasteiger partial charge in [0.25, 0.3) is 0 Å². The van der Waals surface area contributed by atoms with Crippen molar-refractivity contribution in [2.24, 2.45) is 0 Å². The van der Waals surface area contributed by atoms with E-state index in [9.17, 15) is 4.79 Å². The SMILES string of the molecule is O=C(CN1CCCCCCOc2ccccc2Oc2ncccc2C1)NCCc1cnc[nH]1. The Balaban J connectivity index is 1.44. The van der Waals surface area contributed by atoms with E-state index < -0.39 is 0 Å². The summed E-state index contributed by atoms with van der Waals surface area (Å²) in [7, 11) is 0. The van der Waals surface area contributed by atoms with E-state index in [1.165, 1.54) is 0 Å². The van der Waals surface area contributed by atoms with Gasteiger partial charge in [-0.15, -0.1) is 0 Å². The van der Waals surface area contributed by atoms with Gasteiger partial charge in [-0.1, -0.05) is 31.0 Å². The molecule has 0 fully saturated rings. The molecule has 8 heteroatoms. The number of aromatic nitrogens is 3. The zero-order chi connectivity index (χ0) is 22.7. The van der Waals surface area contributed by atoms with Crippen molar-refractivity contribution in [1.29, 1.82) is 0 Å². The molecule has 0 unspecified atom stereocenters. The lowest BCUT2D eigenvalue weighted by atomic mass is 10.1. The summed E-state index contributed by atoms with van der Waals surface area (Å²) in [5.74, 6) is 1.92. The average Bonchev–Trinajstić information content (AvgIpc) is 3.34. The number of H-pyrrole nitrogens is 1. The number of carbonyl (C=O) groups is 1. The molecule has 2 aromatic heterocycles. The molecule has 1 amide bonds. The van der Waals surface area contributed by atoms with Gasteiger partial charge in [-0.25, -0.2) is 9.97 Å². The van der Waals surface area contributed by atoms with Crippen molar-refractivity contribution < 1.29 is 14.3 Å². The highest BCUT2D eigenvalue weighted by Gasteiger charge is 2.16. The van der Waals surface area contributed by atoms with E-state index >= 15 is 0 Å². The highest BCUT2D eigenvalue weighted by Crippen LogP contribution is 2.32. The van der Waals surface area contributed by atoms with Gasteiger partial charge < -0.3 is 19.8 Å². The van der Waals surface area contributed by atoms with E-state index in [2.05, 4.69) is 25.2 Å². The second-order valence-electron chi connectivity index (χ2n) is 8.17. The predicted octanol–water partition coefficient (Wildman–Crippen LogP) is 3.71. The Hall–Kier alpha value is -3.39. The van der Waals surface area contributed by atoms with Crippen molar-refractivity contribution in [1.82, 2.24) is 25.2 Å². The van der Waals surface area contributed by atoms with Crippen LogP contribution in [0.1, 0.15) is 36.9 Å². The summed E-state index contributed by atoms with van der Waals surface area (Å²) in [6.07, 6.45) is 10.1. The van der Waals surface area contributed by atoms with Crippen LogP contribution in [0.5, 0.6) is 17.4 Å². The van der Waals surface area contributed by atoms with E-state index in [0.29, 0.717) is 37.9 Å². The molecule has 0 saturated carbocycles. The molecule has 33 heavy (non-hydrogen) atoms. The van der Waals surface area contributed by atoms with Gasteiger partial charge in [-0.3, -0.25) is 9.69 Å². The summed E-state index contributed by atoms with van der Waals surface area (Å²) in [4.78, 5) is 26.4. The molecule has 1 aliphatic rings. The molecule has 3 heterocycles. The highest BCUT2D eigenvalue weighted by atomic mass is 16.5. The first-order valence-electron chi connectivity index (χ1n) is 11.6. The number of pyridine rings is 1. The topological polar surface area (TPSA) is 92.4 Å². The molecule has 4 rings (SSSR count). The summed E-state index contributed by atoms with van der Waals surface area (Å²) in [6.45, 7) is 2.97. The lowest BCUT2D eigenvalue weighted by molar-refractivity contribution is -0.122. The Morgan fingerprint density at radius 3 is 2.85 bits per heavy atom. The van der Waals surface area contributed by atoms with Crippen LogP contribution in [0.15, 0.2) is 55.1 Å². The smallest absolute Gasteiger partial charge is 0.234 e. The molecule has 1 aromatic carbocycles. The van der Waals surface area contributed by atoms with Crippen LogP contribution in [-0.4, -0.2) is 52.0 Å². The zero-order valence-corrected chi connectivity index (χ0v) is 18.8. The molecular formula is C25H31N5O3. The Kier molecular flexibility index (Phi) is 8.30. The van der Waals surface area contributed by atoms with Crippen LogP contribution in [0.4, 0.5) is 0 Å². The minimum Gasteiger partial charge on any atom is -0.490 e. The summed E-state index contributed by atoms with van der Waals surface area (Å²) in [6, 6.07) is 11.6. The number of rotatable bonds is 5. The van der Waals surface area contributed by atoms with Crippen molar-refractivity contribution >= 4 is 5.91 Å². The molecule has 1 aliphatic heterocycles. The van der Waals surface area contributed by atoms with Gasteiger partial charge in [0, 0.05) is 43.2 Å². The number of carbonyl (C=O) groups excluding carboxylic acids is 1. The molecule has 0 atom stereocenters. The second kappa shape index (κ2) is 12.0. The maximum absolute atomic E-state index is 12.6. The maximum Gasteiger partial charge on any atom is 0.234 e. The van der Waals surface area contributed by atoms with E-state index in [-0.39, 0.29) is 5.91 Å². The van der Waals surface area contributed by atoms with Crippen LogP contribution in [0.2, 0.25) is 0 Å². The van der Waals surface area contributed by atoms with Crippen molar-refractivity contribution in [3.8, 4) is 17.4 Å². The number of ether oxygens (including phenoxy) is 2. The molecule has 0 spiro atoms. The van der Waals surface area contributed by atoms with Crippen LogP contribution < -0.4 is 14.8 Å². The predicted molar refractivity (Wildman–Crippen MR) is 125 cm³/mol. The monoisotopic (exact) mass is 449 g/mol. The Labute approximate surface area is 194 Å². The number of aromatic amines is 1. The van der Waals surface area contributed by atoms with Crippen LogP contribution in [0.25, 0.3) is 0 Å². The van der Waals surface area contributed by atoms with Crippen LogP contribution >= 0.6 is 0 Å². The van der Waals surface area contributed by atoms with Crippen molar-refractivity contribution in [3.63, 3.8) is 0 Å². The van der Waals surface area contributed by atoms with Gasteiger partial charge in [-0.2, -0.15) is 0 Å². The first-order chi connectivity index (χ1) is 16.3. The molecule has 0 bridgehead atoms. The number of hydrogen-bond acceptors (Lipinski definition) is 6. The van der Waals surface area contributed by atoms with Gasteiger partial charge in [0.05, 0.1) is 19.5 Å². The quantitative estimate of drug-likeness (QED) is 0.617. The summed E-state index contributed by atoms with van der Waals surface area (Å²) < 4.78 is 12.1. The third-order valence-electron chi connectivity index (χ3n) is 5.56. The highest BCUT2D eigenvalue weighted by molar-refractivity contribution is 5.78.